The first kappa shape index (κ1) is 13.5. The van der Waals surface area contributed by atoms with Crippen molar-refractivity contribution in [3.63, 3.8) is 0 Å². The zero-order valence-electron chi connectivity index (χ0n) is 11.6. The van der Waals surface area contributed by atoms with Crippen LogP contribution in [0.25, 0.3) is 0 Å². The Labute approximate surface area is 128 Å². The van der Waals surface area contributed by atoms with E-state index in [2.05, 4.69) is 59.7 Å². The minimum atomic E-state index is 0.558. The van der Waals surface area contributed by atoms with Crippen molar-refractivity contribution >= 4 is 21.6 Å². The Kier molecular flexibility index (Phi) is 3.70. The Morgan fingerprint density at radius 1 is 1.25 bits per heavy atom. The van der Waals surface area contributed by atoms with Crippen LogP contribution in [0, 0.1) is 20.3 Å². The van der Waals surface area contributed by atoms with Crippen molar-refractivity contribution in [1.29, 1.82) is 0 Å². The van der Waals surface area contributed by atoms with Crippen LogP contribution < -0.4 is 10.1 Å². The second-order valence-electron chi connectivity index (χ2n) is 5.01. The maximum absolute atomic E-state index is 5.49. The summed E-state index contributed by atoms with van der Waals surface area (Å²) in [6, 6.07) is 10.5. The third-order valence-electron chi connectivity index (χ3n) is 3.65. The summed E-state index contributed by atoms with van der Waals surface area (Å²) in [5.41, 5.74) is 5.98. The molecular weight excluding hydrogens is 314 g/mol. The molecule has 0 spiro atoms. The Morgan fingerprint density at radius 3 is 2.95 bits per heavy atom. The van der Waals surface area contributed by atoms with E-state index in [9.17, 15) is 0 Å². The molecule has 1 aliphatic heterocycles. The molecule has 2 aromatic carbocycles. The maximum atomic E-state index is 5.49. The molecule has 0 bridgehead atoms. The molecule has 2 nitrogen and oxygen atoms in total. The molecule has 0 aliphatic carbocycles. The first-order chi connectivity index (χ1) is 9.65. The minimum absolute atomic E-state index is 0.558. The molecule has 3 heteroatoms. The Morgan fingerprint density at radius 2 is 2.10 bits per heavy atom. The van der Waals surface area contributed by atoms with Crippen LogP contribution in [-0.4, -0.2) is 6.61 Å². The second-order valence-corrected chi connectivity index (χ2v) is 5.80. The summed E-state index contributed by atoms with van der Waals surface area (Å²) >= 11 is 3.64. The highest BCUT2D eigenvalue weighted by Crippen LogP contribution is 2.30. The number of hydrogen-bond acceptors (Lipinski definition) is 2. The third-order valence-corrected chi connectivity index (χ3v) is 4.87. The van der Waals surface area contributed by atoms with Gasteiger partial charge in [0.2, 0.25) is 0 Å². The van der Waals surface area contributed by atoms with Gasteiger partial charge in [0.05, 0.1) is 6.42 Å². The summed E-state index contributed by atoms with van der Waals surface area (Å²) in [5, 5.41) is 3.45. The molecule has 0 unspecified atom stereocenters. The molecule has 2 aromatic rings. The van der Waals surface area contributed by atoms with Crippen LogP contribution in [0.4, 0.5) is 5.69 Å². The highest BCUT2D eigenvalue weighted by Gasteiger charge is 2.13. The van der Waals surface area contributed by atoms with Gasteiger partial charge in [0, 0.05) is 28.3 Å². The Bertz CT molecular complexity index is 652. The number of aryl methyl sites for hydroxylation is 1. The van der Waals surface area contributed by atoms with E-state index in [1.165, 1.54) is 21.2 Å². The fourth-order valence-corrected chi connectivity index (χ4v) is 2.73. The van der Waals surface area contributed by atoms with Gasteiger partial charge in [-0.3, -0.25) is 0 Å². The summed E-state index contributed by atoms with van der Waals surface area (Å²) in [4.78, 5) is 0. The molecular formula is C17H16BrNO. The molecule has 1 N–H and O–H groups in total. The molecule has 0 saturated heterocycles. The zero-order valence-corrected chi connectivity index (χ0v) is 13.2. The molecule has 0 atom stereocenters. The van der Waals surface area contributed by atoms with Gasteiger partial charge in [-0.2, -0.15) is 0 Å². The molecule has 102 valence electrons. The molecule has 3 rings (SSSR count). The first-order valence-corrected chi connectivity index (χ1v) is 7.43. The minimum Gasteiger partial charge on any atom is -0.492 e. The average Bonchev–Trinajstić information content (AvgIpc) is 2.91. The van der Waals surface area contributed by atoms with E-state index >= 15 is 0 Å². The van der Waals surface area contributed by atoms with Gasteiger partial charge in [-0.25, -0.2) is 0 Å². The van der Waals surface area contributed by atoms with Crippen LogP contribution >= 0.6 is 15.9 Å². The summed E-state index contributed by atoms with van der Waals surface area (Å²) in [6.07, 6.45) is 3.17. The number of rotatable bonds is 3. The number of nitrogens with one attached hydrogen (secondary N) is 1. The molecule has 0 amide bonds. The van der Waals surface area contributed by atoms with E-state index in [0.29, 0.717) is 6.61 Å². The standard InChI is InChI=1S/C17H16BrNO/c1-11-3-4-14(12(2)17(11)18)10-19-15-6-5-13-7-8-20-16(13)9-15/h3-6,9,19H,8,10H2,1-2H3. The van der Waals surface area contributed by atoms with Gasteiger partial charge in [-0.1, -0.05) is 34.1 Å². The van der Waals surface area contributed by atoms with Crippen molar-refractivity contribution in [3.8, 4) is 5.75 Å². The summed E-state index contributed by atoms with van der Waals surface area (Å²) in [5.74, 6) is 0.914. The number of hydrogen-bond donors (Lipinski definition) is 1. The lowest BCUT2D eigenvalue weighted by molar-refractivity contribution is 0.377. The van der Waals surface area contributed by atoms with Crippen LogP contribution in [0.2, 0.25) is 0 Å². The van der Waals surface area contributed by atoms with E-state index in [1.54, 1.807) is 0 Å². The normalized spacial score (nSPS) is 12.9. The van der Waals surface area contributed by atoms with Gasteiger partial charge in [0.1, 0.15) is 12.4 Å². The average molecular weight is 330 g/mol. The van der Waals surface area contributed by atoms with E-state index in [1.807, 2.05) is 12.1 Å². The topological polar surface area (TPSA) is 21.3 Å². The predicted octanol–water partition coefficient (Wildman–Crippen LogP) is 4.50. The number of fused-ring (bicyclic) bond motifs is 1. The van der Waals surface area contributed by atoms with Crippen LogP contribution in [0.15, 0.2) is 34.8 Å². The fraction of sp³-hybridized carbons (Fsp3) is 0.235. The van der Waals surface area contributed by atoms with Crippen molar-refractivity contribution in [2.24, 2.45) is 0 Å². The van der Waals surface area contributed by atoms with Crippen molar-refractivity contribution in [1.82, 2.24) is 0 Å². The Balaban J connectivity index is 1.75. The first-order valence-electron chi connectivity index (χ1n) is 6.64. The van der Waals surface area contributed by atoms with Gasteiger partial charge < -0.3 is 10.1 Å². The fourth-order valence-electron chi connectivity index (χ4n) is 2.34. The van der Waals surface area contributed by atoms with Crippen LogP contribution in [0.5, 0.6) is 5.75 Å². The van der Waals surface area contributed by atoms with Gasteiger partial charge in [0.25, 0.3) is 0 Å². The molecule has 20 heavy (non-hydrogen) atoms. The quantitative estimate of drug-likeness (QED) is 0.895. The highest BCUT2D eigenvalue weighted by molar-refractivity contribution is 9.10. The molecule has 0 fully saturated rings. The van der Waals surface area contributed by atoms with E-state index in [0.717, 1.165) is 23.5 Å². The van der Waals surface area contributed by atoms with Gasteiger partial charge in [-0.15, -0.1) is 0 Å². The number of halogens is 1. The summed E-state index contributed by atoms with van der Waals surface area (Å²) < 4.78 is 6.68. The van der Waals surface area contributed by atoms with Crippen LogP contribution in [0.1, 0.15) is 22.3 Å². The summed E-state index contributed by atoms with van der Waals surface area (Å²) in [7, 11) is 0. The smallest absolute Gasteiger partial charge is 0.125 e. The summed E-state index contributed by atoms with van der Waals surface area (Å²) in [6.45, 7) is 5.61. The van der Waals surface area contributed by atoms with E-state index in [-0.39, 0.29) is 0 Å². The lowest BCUT2D eigenvalue weighted by Crippen LogP contribution is -2.02. The highest BCUT2D eigenvalue weighted by atomic mass is 79.9. The number of benzene rings is 2. The van der Waals surface area contributed by atoms with Crippen molar-refractivity contribution < 1.29 is 4.74 Å². The number of anilines is 1. The zero-order chi connectivity index (χ0) is 14.1. The van der Waals surface area contributed by atoms with Crippen LogP contribution in [0.3, 0.4) is 0 Å². The van der Waals surface area contributed by atoms with Crippen molar-refractivity contribution in [3.05, 3.63) is 63.5 Å². The molecule has 0 aromatic heterocycles. The predicted molar refractivity (Wildman–Crippen MR) is 85.2 cm³/mol. The van der Waals surface area contributed by atoms with E-state index < -0.39 is 0 Å². The SMILES string of the molecule is Cc1ccc(CNc2ccc3c(c2)OC[C]3)c(C)c1Br. The molecule has 0 saturated carbocycles. The third kappa shape index (κ3) is 2.55. The van der Waals surface area contributed by atoms with Crippen molar-refractivity contribution in [2.45, 2.75) is 20.4 Å². The van der Waals surface area contributed by atoms with E-state index in [4.69, 9.17) is 4.74 Å². The van der Waals surface area contributed by atoms with Crippen LogP contribution in [-0.2, 0) is 6.54 Å². The largest absolute Gasteiger partial charge is 0.492 e. The van der Waals surface area contributed by atoms with Gasteiger partial charge in [0.15, 0.2) is 0 Å². The van der Waals surface area contributed by atoms with Gasteiger partial charge in [-0.05, 0) is 36.6 Å². The Hall–Kier alpha value is -1.48. The molecule has 1 aliphatic rings. The number of ether oxygens (including phenoxy) is 1. The monoisotopic (exact) mass is 329 g/mol. The van der Waals surface area contributed by atoms with Gasteiger partial charge >= 0.3 is 0 Å². The lowest BCUT2D eigenvalue weighted by atomic mass is 10.1. The lowest BCUT2D eigenvalue weighted by Gasteiger charge is -2.12. The maximum Gasteiger partial charge on any atom is 0.125 e. The second kappa shape index (κ2) is 5.49. The molecule has 2 radical (unpaired) electrons. The van der Waals surface area contributed by atoms with Crippen molar-refractivity contribution in [2.75, 3.05) is 11.9 Å². The molecule has 1 heterocycles.